The van der Waals surface area contributed by atoms with Crippen LogP contribution in [0.15, 0.2) is 18.2 Å². The molecule has 24 heavy (non-hydrogen) atoms. The summed E-state index contributed by atoms with van der Waals surface area (Å²) < 4.78 is 29.0. The van der Waals surface area contributed by atoms with Gasteiger partial charge in [0, 0.05) is 31.2 Å². The van der Waals surface area contributed by atoms with Crippen molar-refractivity contribution >= 4 is 12.6 Å². The van der Waals surface area contributed by atoms with Gasteiger partial charge >= 0.3 is 7.12 Å². The molecule has 1 aromatic carbocycles. The molecule has 1 aliphatic rings. The molecule has 0 bridgehead atoms. The third kappa shape index (κ3) is 5.69. The summed E-state index contributed by atoms with van der Waals surface area (Å²) in [5.74, 6) is 1.45. The Morgan fingerprint density at radius 3 is 2.46 bits per heavy atom. The van der Waals surface area contributed by atoms with Crippen LogP contribution in [0.1, 0.15) is 46.0 Å². The zero-order valence-electron chi connectivity index (χ0n) is 15.1. The van der Waals surface area contributed by atoms with Gasteiger partial charge in [-0.3, -0.25) is 0 Å². The van der Waals surface area contributed by atoms with E-state index in [9.17, 15) is 0 Å². The average Bonchev–Trinajstić information content (AvgIpc) is 2.63. The highest BCUT2D eigenvalue weighted by Crippen LogP contribution is 2.23. The van der Waals surface area contributed by atoms with Gasteiger partial charge in [-0.2, -0.15) is 0 Å². The van der Waals surface area contributed by atoms with Crippen LogP contribution in [0.25, 0.3) is 0 Å². The molecule has 1 atom stereocenters. The van der Waals surface area contributed by atoms with Crippen molar-refractivity contribution in [3.8, 4) is 11.5 Å². The van der Waals surface area contributed by atoms with Crippen LogP contribution < -0.4 is 14.9 Å². The normalized spacial score (nSPS) is 17.5. The molecule has 1 aliphatic heterocycles. The quantitative estimate of drug-likeness (QED) is 0.614. The van der Waals surface area contributed by atoms with E-state index in [1.54, 1.807) is 7.11 Å². The second-order valence-corrected chi connectivity index (χ2v) is 5.89. The summed E-state index contributed by atoms with van der Waals surface area (Å²) in [5, 5.41) is 0. The van der Waals surface area contributed by atoms with Gasteiger partial charge in [-0.05, 0) is 31.7 Å². The van der Waals surface area contributed by atoms with Crippen molar-refractivity contribution in [3.63, 3.8) is 0 Å². The Kier molecular flexibility index (Phi) is 8.43. The van der Waals surface area contributed by atoms with Crippen molar-refractivity contribution in [1.29, 1.82) is 0 Å². The van der Waals surface area contributed by atoms with Gasteiger partial charge in [0.2, 0.25) is 0 Å². The number of rotatable bonds is 10. The van der Waals surface area contributed by atoms with Crippen molar-refractivity contribution in [2.75, 3.05) is 26.9 Å². The van der Waals surface area contributed by atoms with E-state index in [1.807, 2.05) is 18.2 Å². The van der Waals surface area contributed by atoms with Crippen molar-refractivity contribution in [2.24, 2.45) is 0 Å². The Morgan fingerprint density at radius 2 is 1.88 bits per heavy atom. The highest BCUT2D eigenvalue weighted by molar-refractivity contribution is 6.62. The lowest BCUT2D eigenvalue weighted by atomic mass is 9.77. The molecule has 2 rings (SSSR count). The molecule has 1 aromatic rings. The molecule has 0 aliphatic carbocycles. The summed E-state index contributed by atoms with van der Waals surface area (Å²) >= 11 is 0. The Labute approximate surface area is 145 Å². The van der Waals surface area contributed by atoms with Crippen LogP contribution >= 0.6 is 0 Å². The fourth-order valence-corrected chi connectivity index (χ4v) is 2.56. The van der Waals surface area contributed by atoms with Crippen molar-refractivity contribution in [2.45, 2.75) is 52.2 Å². The Hall–Kier alpha value is -1.24. The summed E-state index contributed by atoms with van der Waals surface area (Å²) in [6.07, 6.45) is 4.75. The maximum atomic E-state index is 6.11. The van der Waals surface area contributed by atoms with Gasteiger partial charge in [0.1, 0.15) is 11.5 Å². The van der Waals surface area contributed by atoms with Gasteiger partial charge in [0.25, 0.3) is 0 Å². The molecule has 134 valence electrons. The van der Waals surface area contributed by atoms with Crippen molar-refractivity contribution in [3.05, 3.63) is 18.2 Å². The molecule has 0 spiro atoms. The fourth-order valence-electron chi connectivity index (χ4n) is 2.56. The molecule has 0 amide bonds. The first-order valence-corrected chi connectivity index (χ1v) is 8.97. The molecule has 5 nitrogen and oxygen atoms in total. The van der Waals surface area contributed by atoms with Gasteiger partial charge in [0.05, 0.1) is 13.7 Å². The summed E-state index contributed by atoms with van der Waals surface area (Å²) in [6, 6.07) is 5.74. The van der Waals surface area contributed by atoms with E-state index in [0.29, 0.717) is 19.0 Å². The van der Waals surface area contributed by atoms with E-state index in [4.69, 9.17) is 23.5 Å². The molecule has 0 radical (unpaired) electrons. The molecular weight excluding hydrogens is 307 g/mol. The van der Waals surface area contributed by atoms with Gasteiger partial charge in [0.15, 0.2) is 6.29 Å². The zero-order valence-corrected chi connectivity index (χ0v) is 15.1. The van der Waals surface area contributed by atoms with Crippen molar-refractivity contribution in [1.82, 2.24) is 0 Å². The molecule has 0 N–H and O–H groups in total. The first-order valence-electron chi connectivity index (χ1n) is 8.97. The predicted octanol–water partition coefficient (Wildman–Crippen LogP) is 3.15. The molecule has 0 aromatic heterocycles. The smallest absolute Gasteiger partial charge is 0.497 e. The van der Waals surface area contributed by atoms with Crippen LogP contribution in [-0.2, 0) is 14.0 Å². The second-order valence-electron chi connectivity index (χ2n) is 5.89. The van der Waals surface area contributed by atoms with Crippen LogP contribution in [0.2, 0.25) is 0 Å². The first-order chi connectivity index (χ1) is 11.8. The van der Waals surface area contributed by atoms with E-state index in [0.717, 1.165) is 49.9 Å². The third-order valence-corrected chi connectivity index (χ3v) is 3.82. The second kappa shape index (κ2) is 10.6. The minimum absolute atomic E-state index is 0.220. The molecule has 6 heteroatoms. The van der Waals surface area contributed by atoms with Crippen LogP contribution in [0.5, 0.6) is 11.5 Å². The van der Waals surface area contributed by atoms with Gasteiger partial charge in [-0.15, -0.1) is 0 Å². The van der Waals surface area contributed by atoms with Crippen LogP contribution in [-0.4, -0.2) is 40.3 Å². The van der Waals surface area contributed by atoms with E-state index in [2.05, 4.69) is 13.8 Å². The molecule has 0 saturated carbocycles. The minimum atomic E-state index is -0.436. The maximum Gasteiger partial charge on any atom is 0.497 e. The van der Waals surface area contributed by atoms with Gasteiger partial charge in [-0.25, -0.2) is 0 Å². The van der Waals surface area contributed by atoms with Crippen LogP contribution in [0.3, 0.4) is 0 Å². The minimum Gasteiger partial charge on any atom is -0.497 e. The van der Waals surface area contributed by atoms with Crippen molar-refractivity contribution < 1.29 is 23.5 Å². The Bertz CT molecular complexity index is 468. The maximum absolute atomic E-state index is 6.11. The lowest BCUT2D eigenvalue weighted by Gasteiger charge is -2.26. The number of benzene rings is 1. The number of hydrogen-bond acceptors (Lipinski definition) is 5. The fraction of sp³-hybridized carbons (Fsp3) is 0.667. The summed E-state index contributed by atoms with van der Waals surface area (Å²) in [7, 11) is 1.21. The summed E-state index contributed by atoms with van der Waals surface area (Å²) in [4.78, 5) is 0. The standard InChI is InChI=1S/C18H29BO5/c1-4-11-22-19(23-12-5-2)16-10-9-15(20-3)14-17(16)24-18-8-6-7-13-21-18/h9-10,14,18H,4-8,11-13H2,1-3H3. The number of methoxy groups -OCH3 is 1. The first kappa shape index (κ1) is 19.1. The van der Waals surface area contributed by atoms with Gasteiger partial charge < -0.3 is 23.5 Å². The summed E-state index contributed by atoms with van der Waals surface area (Å²) in [6.45, 7) is 6.18. The Morgan fingerprint density at radius 1 is 1.12 bits per heavy atom. The third-order valence-electron chi connectivity index (χ3n) is 3.82. The zero-order chi connectivity index (χ0) is 17.2. The van der Waals surface area contributed by atoms with Crippen LogP contribution in [0.4, 0.5) is 0 Å². The Balaban J connectivity index is 2.20. The lowest BCUT2D eigenvalue weighted by Crippen LogP contribution is -2.40. The van der Waals surface area contributed by atoms with E-state index in [1.165, 1.54) is 0 Å². The monoisotopic (exact) mass is 336 g/mol. The highest BCUT2D eigenvalue weighted by atomic mass is 16.7. The average molecular weight is 336 g/mol. The molecule has 1 unspecified atom stereocenters. The molecule has 1 heterocycles. The molecule has 1 saturated heterocycles. The van der Waals surface area contributed by atoms with Gasteiger partial charge in [-0.1, -0.05) is 19.9 Å². The molecular formula is C18H29BO5. The summed E-state index contributed by atoms with van der Waals surface area (Å²) in [5.41, 5.74) is 0.881. The molecule has 1 fully saturated rings. The van der Waals surface area contributed by atoms with E-state index < -0.39 is 7.12 Å². The largest absolute Gasteiger partial charge is 0.497 e. The SMILES string of the molecule is CCCOB(OCCC)c1ccc(OC)cc1OC1CCCCO1. The lowest BCUT2D eigenvalue weighted by molar-refractivity contribution is -0.105. The number of ether oxygens (including phenoxy) is 3. The highest BCUT2D eigenvalue weighted by Gasteiger charge is 2.27. The predicted molar refractivity (Wildman–Crippen MR) is 95.1 cm³/mol. The van der Waals surface area contributed by atoms with E-state index in [-0.39, 0.29) is 6.29 Å². The van der Waals surface area contributed by atoms with Crippen LogP contribution in [0, 0.1) is 0 Å². The number of hydrogen-bond donors (Lipinski definition) is 0. The topological polar surface area (TPSA) is 46.2 Å². The van der Waals surface area contributed by atoms with E-state index >= 15 is 0 Å².